The maximum Gasteiger partial charge on any atom is 0.292 e. The van der Waals surface area contributed by atoms with Crippen molar-refractivity contribution in [2.45, 2.75) is 53.1 Å². The molecule has 1 aromatic rings. The highest BCUT2D eigenvalue weighted by Crippen LogP contribution is 2.34. The van der Waals surface area contributed by atoms with E-state index in [4.69, 9.17) is 21.1 Å². The summed E-state index contributed by atoms with van der Waals surface area (Å²) in [6.45, 7) is 9.16. The van der Waals surface area contributed by atoms with Crippen LogP contribution in [0.25, 0.3) is 5.70 Å². The van der Waals surface area contributed by atoms with Crippen molar-refractivity contribution in [3.8, 4) is 0 Å². The highest BCUT2D eigenvalue weighted by molar-refractivity contribution is 14.2. The maximum absolute atomic E-state index is 9.62. The number of carbonyl (C=O) groups excluding carboxylic acids is 1. The van der Waals surface area contributed by atoms with Crippen LogP contribution in [0.2, 0.25) is 0 Å². The lowest BCUT2D eigenvalue weighted by Crippen LogP contribution is -2.33. The predicted molar refractivity (Wildman–Crippen MR) is 136 cm³/mol. The average Bonchev–Trinajstić information content (AvgIpc) is 2.81. The van der Waals surface area contributed by atoms with Crippen molar-refractivity contribution in [3.05, 3.63) is 34.8 Å². The first-order valence-electron chi connectivity index (χ1n) is 10.3. The largest absolute Gasteiger partial charge is 0.471 e. The fourth-order valence-electron chi connectivity index (χ4n) is 3.12. The summed E-state index contributed by atoms with van der Waals surface area (Å²) in [5.41, 5.74) is 9.75. The van der Waals surface area contributed by atoms with E-state index in [0.29, 0.717) is 35.4 Å². The van der Waals surface area contributed by atoms with Gasteiger partial charge in [0.25, 0.3) is 6.47 Å². The number of nitrogens with two attached hydrogens (primary N) is 2. The number of hydrogen-bond acceptors (Lipinski definition) is 9. The van der Waals surface area contributed by atoms with Crippen LogP contribution in [-0.4, -0.2) is 47.8 Å². The summed E-state index contributed by atoms with van der Waals surface area (Å²) in [6, 6.07) is 3.92. The third-order valence-electron chi connectivity index (χ3n) is 4.81. The molecule has 10 heteroatoms. The van der Waals surface area contributed by atoms with Crippen LogP contribution < -0.4 is 11.6 Å². The third-order valence-corrected chi connectivity index (χ3v) is 6.02. The van der Waals surface area contributed by atoms with Crippen LogP contribution in [0.3, 0.4) is 0 Å². The van der Waals surface area contributed by atoms with Gasteiger partial charge < -0.3 is 20.3 Å². The highest BCUT2D eigenvalue weighted by Gasteiger charge is 2.24. The molecule has 31 heavy (non-hydrogen) atoms. The number of nitrogens with zero attached hydrogens (tertiary/aromatic N) is 2. The molecule has 0 bridgehead atoms. The van der Waals surface area contributed by atoms with Crippen molar-refractivity contribution in [1.29, 1.82) is 0 Å². The molecule has 2 atom stereocenters. The van der Waals surface area contributed by atoms with E-state index in [9.17, 15) is 5.11 Å². The van der Waals surface area contributed by atoms with Crippen LogP contribution >= 0.6 is 30.1 Å². The van der Waals surface area contributed by atoms with E-state index in [1.54, 1.807) is 0 Å². The minimum atomic E-state index is -0.230. The van der Waals surface area contributed by atoms with E-state index in [-0.39, 0.29) is 12.7 Å². The standard InChI is InChI=1S/C17H27IN4O2S.C2H4O2.C2H6/c1-3-12-6-7-24-16(8-12)13-4-5-14(21-11(13)2)17(19)15(9-23)22(20)10-25-18;1-4-2-3;1-2/h4-5,12,16,23H,3,6-10,19-20H2,1-2H3;2H,1H3;1-2H3/b17-15-;;. The molecule has 0 amide bonds. The van der Waals surface area contributed by atoms with Gasteiger partial charge in [0.2, 0.25) is 0 Å². The second kappa shape index (κ2) is 17.5. The Balaban J connectivity index is 0.00000134. The fourth-order valence-corrected chi connectivity index (χ4v) is 4.29. The summed E-state index contributed by atoms with van der Waals surface area (Å²) in [5.74, 6) is 7.19. The summed E-state index contributed by atoms with van der Waals surface area (Å²) in [7, 11) is 2.84. The normalized spacial score (nSPS) is 18.5. The van der Waals surface area contributed by atoms with Crippen LogP contribution in [0.1, 0.15) is 63.1 Å². The molecule has 2 rings (SSSR count). The summed E-state index contributed by atoms with van der Waals surface area (Å²) < 4.78 is 9.82. The van der Waals surface area contributed by atoms with E-state index < -0.39 is 0 Å². The summed E-state index contributed by atoms with van der Waals surface area (Å²) in [6.07, 6.45) is 3.45. The quantitative estimate of drug-likeness (QED) is 0.141. The number of aryl methyl sites for hydroxylation is 1. The van der Waals surface area contributed by atoms with Gasteiger partial charge in [0.05, 0.1) is 42.8 Å². The number of hydrogen-bond donors (Lipinski definition) is 3. The lowest BCUT2D eigenvalue weighted by molar-refractivity contribution is -0.126. The van der Waals surface area contributed by atoms with E-state index in [2.05, 4.69) is 37.9 Å². The van der Waals surface area contributed by atoms with Crippen molar-refractivity contribution in [2.24, 2.45) is 17.5 Å². The molecule has 0 spiro atoms. The van der Waals surface area contributed by atoms with Crippen LogP contribution in [0.15, 0.2) is 17.8 Å². The molecule has 0 aliphatic carbocycles. The molecule has 1 aliphatic heterocycles. The van der Waals surface area contributed by atoms with Crippen molar-refractivity contribution in [3.63, 3.8) is 0 Å². The Morgan fingerprint density at radius 1 is 1.48 bits per heavy atom. The van der Waals surface area contributed by atoms with E-state index >= 15 is 0 Å². The number of ether oxygens (including phenoxy) is 2. The summed E-state index contributed by atoms with van der Waals surface area (Å²) in [5, 5.41) is 11.1. The zero-order valence-electron chi connectivity index (χ0n) is 19.1. The first kappa shape index (κ1) is 29.9. The molecule has 2 heterocycles. The number of aliphatic hydroxyl groups is 1. The van der Waals surface area contributed by atoms with Gasteiger partial charge in [0.1, 0.15) is 0 Å². The number of methoxy groups -OCH3 is 1. The van der Waals surface area contributed by atoms with Crippen molar-refractivity contribution >= 4 is 42.3 Å². The monoisotopic (exact) mass is 568 g/mol. The number of rotatable bonds is 8. The highest BCUT2D eigenvalue weighted by atomic mass is 127. The van der Waals surface area contributed by atoms with Crippen molar-refractivity contribution in [2.75, 3.05) is 26.2 Å². The predicted octanol–water partition coefficient (Wildman–Crippen LogP) is 3.92. The molecule has 1 saturated heterocycles. The Hall–Kier alpha value is -1.08. The van der Waals surface area contributed by atoms with Gasteiger partial charge in [-0.2, -0.15) is 0 Å². The number of pyridine rings is 1. The lowest BCUT2D eigenvalue weighted by Gasteiger charge is -2.30. The summed E-state index contributed by atoms with van der Waals surface area (Å²) >= 11 is 2.15. The Bertz CT molecular complexity index is 679. The summed E-state index contributed by atoms with van der Waals surface area (Å²) in [4.78, 5) is 13.6. The molecule has 5 N–H and O–H groups in total. The first-order valence-corrected chi connectivity index (χ1v) is 13.9. The van der Waals surface area contributed by atoms with Gasteiger partial charge in [-0.1, -0.05) is 42.2 Å². The molecule has 1 fully saturated rings. The number of halogens is 1. The molecule has 0 saturated carbocycles. The molecular formula is C21H37IN4O4S. The second-order valence-corrected chi connectivity index (χ2v) is 8.93. The Morgan fingerprint density at radius 2 is 2.13 bits per heavy atom. The smallest absolute Gasteiger partial charge is 0.292 e. The molecule has 8 nitrogen and oxygen atoms in total. The van der Waals surface area contributed by atoms with Gasteiger partial charge in [0, 0.05) is 17.9 Å². The van der Waals surface area contributed by atoms with Crippen LogP contribution in [0, 0.1) is 12.8 Å². The van der Waals surface area contributed by atoms with Gasteiger partial charge in [-0.3, -0.25) is 14.8 Å². The molecular weight excluding hydrogens is 531 g/mol. The molecule has 1 aliphatic rings. The van der Waals surface area contributed by atoms with Crippen LogP contribution in [-0.2, 0) is 14.3 Å². The van der Waals surface area contributed by atoms with Crippen molar-refractivity contribution in [1.82, 2.24) is 9.99 Å². The number of aliphatic hydroxyl groups excluding tert-OH is 1. The average molecular weight is 569 g/mol. The Labute approximate surface area is 202 Å². The van der Waals surface area contributed by atoms with Gasteiger partial charge in [-0.15, -0.1) is 0 Å². The Morgan fingerprint density at radius 3 is 2.61 bits per heavy atom. The fraction of sp³-hybridized carbons (Fsp3) is 0.619. The molecule has 2 unspecified atom stereocenters. The topological polar surface area (TPSA) is 124 Å². The molecule has 178 valence electrons. The molecule has 0 aromatic carbocycles. The SMILES string of the molecule is CC.CCC1CCOC(c2ccc(/C(N)=C(\CO)N(N)CSI)nc2C)C1.COC=O. The van der Waals surface area contributed by atoms with Gasteiger partial charge in [0.15, 0.2) is 0 Å². The second-order valence-electron chi connectivity index (χ2n) is 6.59. The van der Waals surface area contributed by atoms with Crippen LogP contribution in [0.4, 0.5) is 0 Å². The molecule has 1 aromatic heterocycles. The maximum atomic E-state index is 9.62. The minimum absolute atomic E-state index is 0.101. The van der Waals surface area contributed by atoms with E-state index in [1.165, 1.54) is 27.5 Å². The molecule has 0 radical (unpaired) electrons. The Kier molecular flexibility index (Phi) is 16.9. The third kappa shape index (κ3) is 9.94. The zero-order chi connectivity index (χ0) is 23.8. The van der Waals surface area contributed by atoms with Gasteiger partial charge in [-0.25, -0.2) is 5.84 Å². The number of hydrazine groups is 1. The minimum Gasteiger partial charge on any atom is -0.471 e. The van der Waals surface area contributed by atoms with E-state index in [0.717, 1.165) is 30.7 Å². The van der Waals surface area contributed by atoms with Crippen molar-refractivity contribution < 1.29 is 19.4 Å². The van der Waals surface area contributed by atoms with E-state index in [1.807, 2.05) is 32.9 Å². The zero-order valence-corrected chi connectivity index (χ0v) is 22.1. The lowest BCUT2D eigenvalue weighted by atomic mass is 9.89. The number of carbonyl (C=O) groups is 1. The van der Waals surface area contributed by atoms with Crippen LogP contribution in [0.5, 0.6) is 0 Å². The first-order chi connectivity index (χ1) is 14.9. The van der Waals surface area contributed by atoms with Gasteiger partial charge in [-0.05, 0) is 53.0 Å². The van der Waals surface area contributed by atoms with Gasteiger partial charge >= 0.3 is 0 Å². The number of aromatic nitrogens is 1.